The molecule has 3 rings (SSSR count). The van der Waals surface area contributed by atoms with E-state index in [-0.39, 0.29) is 25.2 Å². The first-order chi connectivity index (χ1) is 16.9. The summed E-state index contributed by atoms with van der Waals surface area (Å²) >= 11 is 6.05. The molecule has 2 aromatic rings. The molecule has 0 aliphatic carbocycles. The minimum Gasteiger partial charge on any atom is -0.494 e. The number of carbonyl (C=O) groups excluding carboxylic acids is 3. The average molecular weight is 503 g/mol. The fourth-order valence-electron chi connectivity index (χ4n) is 3.20. The minimum absolute atomic E-state index is 0.0759. The second kappa shape index (κ2) is 13.3. The first-order valence-electron chi connectivity index (χ1n) is 11.1. The van der Waals surface area contributed by atoms with Crippen LogP contribution in [-0.4, -0.2) is 56.4 Å². The number of anilines is 1. The van der Waals surface area contributed by atoms with Crippen molar-refractivity contribution in [1.82, 2.24) is 10.7 Å². The largest absolute Gasteiger partial charge is 0.494 e. The normalized spacial score (nSPS) is 15.0. The lowest BCUT2D eigenvalue weighted by molar-refractivity contribution is -0.139. The second-order valence-corrected chi connectivity index (χ2v) is 7.96. The Labute approximate surface area is 208 Å². The van der Waals surface area contributed by atoms with Gasteiger partial charge < -0.3 is 24.8 Å². The van der Waals surface area contributed by atoms with Crippen LogP contribution in [-0.2, 0) is 19.1 Å². The lowest BCUT2D eigenvalue weighted by atomic mass is 10.2. The van der Waals surface area contributed by atoms with Gasteiger partial charge in [-0.25, -0.2) is 5.43 Å². The fourth-order valence-corrected chi connectivity index (χ4v) is 3.38. The predicted octanol–water partition coefficient (Wildman–Crippen LogP) is 2.50. The number of halogens is 1. The van der Waals surface area contributed by atoms with E-state index in [1.54, 1.807) is 42.5 Å². The van der Waals surface area contributed by atoms with Crippen LogP contribution in [0.1, 0.15) is 25.3 Å². The maximum absolute atomic E-state index is 12.3. The van der Waals surface area contributed by atoms with Gasteiger partial charge in [-0.15, -0.1) is 0 Å². The van der Waals surface area contributed by atoms with Crippen molar-refractivity contribution in [2.24, 2.45) is 5.10 Å². The third-order valence-electron chi connectivity index (χ3n) is 4.87. The molecular formula is C24H27ClN4O6. The highest BCUT2D eigenvalue weighted by atomic mass is 35.5. The molecule has 0 spiro atoms. The molecule has 0 bridgehead atoms. The molecule has 3 amide bonds. The highest BCUT2D eigenvalue weighted by Crippen LogP contribution is 2.22. The zero-order valence-corrected chi connectivity index (χ0v) is 20.0. The van der Waals surface area contributed by atoms with E-state index in [1.165, 1.54) is 6.21 Å². The topological polar surface area (TPSA) is 127 Å². The molecule has 1 aliphatic heterocycles. The predicted molar refractivity (Wildman–Crippen MR) is 131 cm³/mol. The molecular weight excluding hydrogens is 476 g/mol. The molecule has 1 saturated heterocycles. The van der Waals surface area contributed by atoms with Crippen molar-refractivity contribution in [2.75, 3.05) is 31.7 Å². The van der Waals surface area contributed by atoms with Gasteiger partial charge in [-0.2, -0.15) is 5.10 Å². The first-order valence-corrected chi connectivity index (χ1v) is 11.5. The van der Waals surface area contributed by atoms with Crippen LogP contribution < -0.4 is 25.5 Å². The summed E-state index contributed by atoms with van der Waals surface area (Å²) in [6, 6.07) is 11.7. The molecule has 1 heterocycles. The van der Waals surface area contributed by atoms with Gasteiger partial charge in [0.25, 0.3) is 5.91 Å². The molecule has 1 atom stereocenters. The Hall–Kier alpha value is -3.63. The van der Waals surface area contributed by atoms with Crippen LogP contribution in [0, 0.1) is 0 Å². The summed E-state index contributed by atoms with van der Waals surface area (Å²) in [5.41, 5.74) is 3.16. The first kappa shape index (κ1) is 26.0. The number of carbonyl (C=O) groups is 3. The Morgan fingerprint density at radius 1 is 1.14 bits per heavy atom. The van der Waals surface area contributed by atoms with E-state index < -0.39 is 11.8 Å². The van der Waals surface area contributed by atoms with Gasteiger partial charge in [0.2, 0.25) is 0 Å². The lowest BCUT2D eigenvalue weighted by Crippen LogP contribution is -2.41. The van der Waals surface area contributed by atoms with E-state index in [0.717, 1.165) is 12.8 Å². The highest BCUT2D eigenvalue weighted by molar-refractivity contribution is 6.35. The van der Waals surface area contributed by atoms with E-state index in [0.29, 0.717) is 41.0 Å². The van der Waals surface area contributed by atoms with Gasteiger partial charge in [0, 0.05) is 29.4 Å². The molecule has 35 heavy (non-hydrogen) atoms. The minimum atomic E-state index is -0.918. The van der Waals surface area contributed by atoms with Crippen molar-refractivity contribution in [3.63, 3.8) is 0 Å². The standard InChI is InChI=1S/C24H27ClN4O6/c1-2-33-19-8-6-18(7-9-19)28-22(30)15-35-21-10-5-17(25)12-16(21)13-27-29-24(32)23(31)26-14-20-4-3-11-34-20/h5-10,12-13,20H,2-4,11,14-15H2,1H3,(H,26,31)(H,28,30)(H,29,32)/b27-13-/t20-/m1/s1. The van der Waals surface area contributed by atoms with Crippen molar-refractivity contribution < 1.29 is 28.6 Å². The number of hydrogen-bond donors (Lipinski definition) is 3. The van der Waals surface area contributed by atoms with Crippen molar-refractivity contribution in [3.8, 4) is 11.5 Å². The molecule has 0 unspecified atom stereocenters. The van der Waals surface area contributed by atoms with Gasteiger partial charge in [0.15, 0.2) is 6.61 Å². The third kappa shape index (κ3) is 8.58. The number of hydrogen-bond acceptors (Lipinski definition) is 7. The molecule has 10 nitrogen and oxygen atoms in total. The number of rotatable bonds is 10. The number of amides is 3. The second-order valence-electron chi connectivity index (χ2n) is 7.52. The monoisotopic (exact) mass is 502 g/mol. The van der Waals surface area contributed by atoms with Crippen molar-refractivity contribution in [3.05, 3.63) is 53.1 Å². The maximum atomic E-state index is 12.3. The van der Waals surface area contributed by atoms with Crippen LogP contribution >= 0.6 is 11.6 Å². The van der Waals surface area contributed by atoms with E-state index in [4.69, 9.17) is 25.8 Å². The van der Waals surface area contributed by atoms with E-state index in [9.17, 15) is 14.4 Å². The third-order valence-corrected chi connectivity index (χ3v) is 5.11. The highest BCUT2D eigenvalue weighted by Gasteiger charge is 2.19. The van der Waals surface area contributed by atoms with Gasteiger partial charge in [-0.3, -0.25) is 14.4 Å². The van der Waals surface area contributed by atoms with Crippen molar-refractivity contribution in [2.45, 2.75) is 25.9 Å². The van der Waals surface area contributed by atoms with Gasteiger partial charge in [-0.05, 0) is 62.2 Å². The summed E-state index contributed by atoms with van der Waals surface area (Å²) in [7, 11) is 0. The Morgan fingerprint density at radius 3 is 2.66 bits per heavy atom. The zero-order valence-electron chi connectivity index (χ0n) is 19.2. The smallest absolute Gasteiger partial charge is 0.329 e. The van der Waals surface area contributed by atoms with Gasteiger partial charge >= 0.3 is 11.8 Å². The Balaban J connectivity index is 1.50. The molecule has 1 fully saturated rings. The van der Waals surface area contributed by atoms with E-state index >= 15 is 0 Å². The van der Waals surface area contributed by atoms with Gasteiger partial charge in [0.05, 0.1) is 18.9 Å². The SMILES string of the molecule is CCOc1ccc(NC(=O)COc2ccc(Cl)cc2/C=N\NC(=O)C(=O)NC[C@H]2CCCO2)cc1. The van der Waals surface area contributed by atoms with Crippen LogP contribution in [0.25, 0.3) is 0 Å². The van der Waals surface area contributed by atoms with Crippen LogP contribution in [0.3, 0.4) is 0 Å². The number of benzene rings is 2. The van der Waals surface area contributed by atoms with Crippen LogP contribution in [0.4, 0.5) is 5.69 Å². The fraction of sp³-hybridized carbons (Fsp3) is 0.333. The van der Waals surface area contributed by atoms with Gasteiger partial charge in [0.1, 0.15) is 11.5 Å². The Bertz CT molecular complexity index is 1050. The summed E-state index contributed by atoms with van der Waals surface area (Å²) in [5.74, 6) is -1.08. The molecule has 0 radical (unpaired) electrons. The van der Waals surface area contributed by atoms with E-state index in [2.05, 4.69) is 21.2 Å². The summed E-state index contributed by atoms with van der Waals surface area (Å²) in [4.78, 5) is 36.1. The average Bonchev–Trinajstić information content (AvgIpc) is 3.37. The summed E-state index contributed by atoms with van der Waals surface area (Å²) in [5, 5.41) is 9.43. The lowest BCUT2D eigenvalue weighted by Gasteiger charge is -2.11. The van der Waals surface area contributed by atoms with Crippen LogP contribution in [0.2, 0.25) is 5.02 Å². The maximum Gasteiger partial charge on any atom is 0.329 e. The molecule has 1 aliphatic rings. The molecule has 186 valence electrons. The van der Waals surface area contributed by atoms with Crippen LogP contribution in [0.5, 0.6) is 11.5 Å². The summed E-state index contributed by atoms with van der Waals surface area (Å²) in [6.07, 6.45) is 2.98. The van der Waals surface area contributed by atoms with Crippen molar-refractivity contribution in [1.29, 1.82) is 0 Å². The quantitative estimate of drug-likeness (QED) is 0.260. The molecule has 0 saturated carbocycles. The number of hydrazone groups is 1. The number of ether oxygens (including phenoxy) is 3. The molecule has 11 heteroatoms. The summed E-state index contributed by atoms with van der Waals surface area (Å²) < 4.78 is 16.4. The van der Waals surface area contributed by atoms with Crippen LogP contribution in [0.15, 0.2) is 47.6 Å². The molecule has 3 N–H and O–H groups in total. The molecule has 2 aromatic carbocycles. The van der Waals surface area contributed by atoms with Crippen molar-refractivity contribution >= 4 is 41.2 Å². The number of nitrogens with one attached hydrogen (secondary N) is 3. The van der Waals surface area contributed by atoms with Gasteiger partial charge in [-0.1, -0.05) is 11.6 Å². The summed E-state index contributed by atoms with van der Waals surface area (Å²) in [6.45, 7) is 3.10. The Morgan fingerprint density at radius 2 is 1.94 bits per heavy atom. The molecule has 0 aromatic heterocycles. The van der Waals surface area contributed by atoms with E-state index in [1.807, 2.05) is 6.92 Å². The Kier molecular flexibility index (Phi) is 9.88. The zero-order chi connectivity index (χ0) is 25.0. The number of nitrogens with zero attached hydrogens (tertiary/aromatic N) is 1.